The van der Waals surface area contributed by atoms with Gasteiger partial charge >= 0.3 is 12.0 Å². The highest BCUT2D eigenvalue weighted by molar-refractivity contribution is 14.1. The van der Waals surface area contributed by atoms with Gasteiger partial charge in [0.2, 0.25) is 5.75 Å². The first-order valence-corrected chi connectivity index (χ1v) is 6.09. The van der Waals surface area contributed by atoms with Gasteiger partial charge in [0.1, 0.15) is 3.57 Å². The van der Waals surface area contributed by atoms with Crippen LogP contribution in [0.2, 0.25) is 0 Å². The van der Waals surface area contributed by atoms with E-state index in [9.17, 15) is 23.3 Å². The van der Waals surface area contributed by atoms with Crippen LogP contribution in [0, 0.1) is 13.7 Å². The highest BCUT2D eigenvalue weighted by Crippen LogP contribution is 2.36. The molecule has 1 aromatic heterocycles. The normalized spacial score (nSPS) is 11.4. The smallest absolute Gasteiger partial charge is 0.397 e. The molecule has 0 aliphatic heterocycles. The number of rotatable bonds is 3. The fourth-order valence-electron chi connectivity index (χ4n) is 0.962. The molecule has 0 aliphatic carbocycles. The van der Waals surface area contributed by atoms with Gasteiger partial charge in [-0.2, -0.15) is 0 Å². The molecule has 1 rings (SSSR count). The first-order valence-electron chi connectivity index (χ1n) is 3.89. The lowest BCUT2D eigenvalue weighted by Crippen LogP contribution is -2.18. The first kappa shape index (κ1) is 14.4. The van der Waals surface area contributed by atoms with E-state index >= 15 is 0 Å². The molecule has 0 aliphatic rings. The number of hydrogen-bond donors (Lipinski definition) is 0. The van der Waals surface area contributed by atoms with Crippen molar-refractivity contribution in [2.24, 2.45) is 0 Å². The number of halogens is 5. The minimum Gasteiger partial charge on any atom is -0.397 e. The van der Waals surface area contributed by atoms with E-state index in [2.05, 4.69) is 25.7 Å². The summed E-state index contributed by atoms with van der Waals surface area (Å²) in [6.45, 7) is 0. The van der Waals surface area contributed by atoms with Crippen LogP contribution in [-0.4, -0.2) is 16.3 Å². The molecule has 0 amide bonds. The Kier molecular flexibility index (Phi) is 4.52. The number of alkyl halides is 4. The minimum atomic E-state index is -4.99. The summed E-state index contributed by atoms with van der Waals surface area (Å²) in [6, 6.07) is 0. The first-order chi connectivity index (χ1) is 7.76. The molecule has 0 saturated carbocycles. The van der Waals surface area contributed by atoms with Gasteiger partial charge in [0.15, 0.2) is 0 Å². The molecule has 0 bridgehead atoms. The van der Waals surface area contributed by atoms with Crippen LogP contribution in [-0.2, 0) is 5.33 Å². The fraction of sp³-hybridized carbons (Fsp3) is 0.286. The van der Waals surface area contributed by atoms with Crippen LogP contribution in [0.15, 0.2) is 6.20 Å². The summed E-state index contributed by atoms with van der Waals surface area (Å²) in [5.74, 6) is -0.920. The molecule has 1 heterocycles. The Balaban J connectivity index is 3.32. The van der Waals surface area contributed by atoms with Crippen LogP contribution in [0.5, 0.6) is 5.75 Å². The van der Waals surface area contributed by atoms with E-state index in [-0.39, 0.29) is 14.6 Å². The van der Waals surface area contributed by atoms with Gasteiger partial charge in [-0.05, 0) is 22.6 Å². The molecule has 0 atom stereocenters. The summed E-state index contributed by atoms with van der Waals surface area (Å²) in [6.07, 6.45) is -4.31. The molecule has 0 saturated heterocycles. The number of nitro groups is 1. The molecule has 10 heteroatoms. The average molecular weight is 427 g/mol. The molecular formula is C7H3BrF3IN2O3. The fourth-order valence-corrected chi connectivity index (χ4v) is 2.70. The Hall–Kier alpha value is -0.650. The number of aromatic nitrogens is 1. The van der Waals surface area contributed by atoms with Gasteiger partial charge in [-0.3, -0.25) is 15.1 Å². The summed E-state index contributed by atoms with van der Waals surface area (Å²) in [4.78, 5) is 13.4. The highest BCUT2D eigenvalue weighted by atomic mass is 127. The predicted octanol–water partition coefficient (Wildman–Crippen LogP) is 3.39. The van der Waals surface area contributed by atoms with Gasteiger partial charge in [0.05, 0.1) is 16.8 Å². The lowest BCUT2D eigenvalue weighted by atomic mass is 10.3. The zero-order chi connectivity index (χ0) is 13.2. The second kappa shape index (κ2) is 5.33. The van der Waals surface area contributed by atoms with Crippen molar-refractivity contribution in [3.05, 3.63) is 25.6 Å². The molecule has 0 aromatic carbocycles. The van der Waals surface area contributed by atoms with Crippen LogP contribution >= 0.6 is 38.5 Å². The van der Waals surface area contributed by atoms with Gasteiger partial charge in [0.25, 0.3) is 0 Å². The molecular weight excluding hydrogens is 424 g/mol. The maximum atomic E-state index is 12.0. The topological polar surface area (TPSA) is 65.3 Å². The summed E-state index contributed by atoms with van der Waals surface area (Å²) in [5.41, 5.74) is -0.473. The van der Waals surface area contributed by atoms with E-state index < -0.39 is 22.7 Å². The molecule has 0 radical (unpaired) electrons. The van der Waals surface area contributed by atoms with Crippen LogP contribution in [0.3, 0.4) is 0 Å². The van der Waals surface area contributed by atoms with Gasteiger partial charge in [-0.15, -0.1) is 13.2 Å². The van der Waals surface area contributed by atoms with Gasteiger partial charge in [-0.1, -0.05) is 15.9 Å². The number of hydrogen-bond acceptors (Lipinski definition) is 4. The maximum Gasteiger partial charge on any atom is 0.573 e. The molecule has 0 N–H and O–H groups in total. The van der Waals surface area contributed by atoms with Crippen molar-refractivity contribution in [1.82, 2.24) is 4.98 Å². The largest absolute Gasteiger partial charge is 0.573 e. The SMILES string of the molecule is O=[N+]([O-])c1c(OC(F)(F)F)cnc(CBr)c1I. The maximum absolute atomic E-state index is 12.0. The van der Waals surface area contributed by atoms with Gasteiger partial charge in [-0.25, -0.2) is 0 Å². The average Bonchev–Trinajstić information content (AvgIpc) is 2.14. The van der Waals surface area contributed by atoms with Crippen molar-refractivity contribution in [1.29, 1.82) is 0 Å². The second-order valence-corrected chi connectivity index (χ2v) is 4.31. The number of pyridine rings is 1. The third-order valence-electron chi connectivity index (χ3n) is 1.57. The number of ether oxygens (including phenoxy) is 1. The van der Waals surface area contributed by atoms with E-state index in [4.69, 9.17) is 0 Å². The molecule has 1 aromatic rings. The van der Waals surface area contributed by atoms with Crippen molar-refractivity contribution in [3.8, 4) is 5.75 Å². The molecule has 0 spiro atoms. The van der Waals surface area contributed by atoms with E-state index in [0.717, 1.165) is 0 Å². The Morgan fingerprint density at radius 3 is 2.59 bits per heavy atom. The van der Waals surface area contributed by atoms with Gasteiger partial charge < -0.3 is 4.74 Å². The zero-order valence-electron chi connectivity index (χ0n) is 7.79. The Labute approximate surface area is 115 Å². The van der Waals surface area contributed by atoms with Crippen molar-refractivity contribution >= 4 is 44.2 Å². The van der Waals surface area contributed by atoms with Crippen molar-refractivity contribution in [3.63, 3.8) is 0 Å². The Bertz CT molecular complexity index is 455. The molecule has 17 heavy (non-hydrogen) atoms. The lowest BCUT2D eigenvalue weighted by Gasteiger charge is -2.10. The van der Waals surface area contributed by atoms with Crippen LogP contribution in [0.25, 0.3) is 0 Å². The van der Waals surface area contributed by atoms with E-state index in [1.807, 2.05) is 0 Å². The van der Waals surface area contributed by atoms with Crippen molar-refractivity contribution < 1.29 is 22.8 Å². The van der Waals surface area contributed by atoms with E-state index in [1.54, 1.807) is 22.6 Å². The van der Waals surface area contributed by atoms with Crippen LogP contribution in [0.4, 0.5) is 18.9 Å². The second-order valence-electron chi connectivity index (χ2n) is 2.67. The van der Waals surface area contributed by atoms with Gasteiger partial charge in [0, 0.05) is 5.33 Å². The third kappa shape index (κ3) is 3.66. The van der Waals surface area contributed by atoms with Crippen molar-refractivity contribution in [2.45, 2.75) is 11.7 Å². The zero-order valence-corrected chi connectivity index (χ0v) is 11.5. The quantitative estimate of drug-likeness (QED) is 0.321. The van der Waals surface area contributed by atoms with Crippen LogP contribution in [0.1, 0.15) is 5.69 Å². The molecule has 0 fully saturated rings. The Morgan fingerprint density at radius 1 is 1.59 bits per heavy atom. The molecule has 5 nitrogen and oxygen atoms in total. The van der Waals surface area contributed by atoms with Crippen LogP contribution < -0.4 is 4.74 Å². The molecule has 94 valence electrons. The van der Waals surface area contributed by atoms with Crippen molar-refractivity contribution in [2.75, 3.05) is 0 Å². The lowest BCUT2D eigenvalue weighted by molar-refractivity contribution is -0.389. The third-order valence-corrected chi connectivity index (χ3v) is 3.23. The predicted molar refractivity (Wildman–Crippen MR) is 62.9 cm³/mol. The minimum absolute atomic E-state index is 0.00576. The summed E-state index contributed by atoms with van der Waals surface area (Å²) in [5, 5.41) is 10.9. The highest BCUT2D eigenvalue weighted by Gasteiger charge is 2.36. The van der Waals surface area contributed by atoms with E-state index in [1.165, 1.54) is 0 Å². The summed E-state index contributed by atoms with van der Waals surface area (Å²) >= 11 is 4.58. The Morgan fingerprint density at radius 2 is 2.18 bits per heavy atom. The molecule has 0 unspecified atom stereocenters. The summed E-state index contributed by atoms with van der Waals surface area (Å²) < 4.78 is 39.6. The van der Waals surface area contributed by atoms with E-state index in [0.29, 0.717) is 6.20 Å². The number of nitrogens with zero attached hydrogens (tertiary/aromatic N) is 2. The monoisotopic (exact) mass is 426 g/mol. The standard InChI is InChI=1S/C7H3BrF3IN2O3/c8-1-3-5(12)6(14(15)16)4(2-13-3)17-7(9,10)11/h2H,1H2. The summed E-state index contributed by atoms with van der Waals surface area (Å²) in [7, 11) is 0.